The highest BCUT2D eigenvalue weighted by Gasteiger charge is 2.21. The molecule has 2 rings (SSSR count). The lowest BCUT2D eigenvalue weighted by Crippen LogP contribution is -2.44. The molecule has 1 saturated heterocycles. The van der Waals surface area contributed by atoms with Gasteiger partial charge in [0.25, 0.3) is 0 Å². The summed E-state index contributed by atoms with van der Waals surface area (Å²) in [7, 11) is 1.83. The van der Waals surface area contributed by atoms with Gasteiger partial charge >= 0.3 is 0 Å². The molecule has 4 heteroatoms. The summed E-state index contributed by atoms with van der Waals surface area (Å²) in [6, 6.07) is 0.662. The quantitative estimate of drug-likeness (QED) is 0.775. The van der Waals surface area contributed by atoms with Crippen LogP contribution in [0, 0.1) is 0 Å². The summed E-state index contributed by atoms with van der Waals surface area (Å²) in [6.45, 7) is 6.23. The Morgan fingerprint density at radius 1 is 1.29 bits per heavy atom. The van der Waals surface area contributed by atoms with Crippen molar-refractivity contribution in [3.63, 3.8) is 0 Å². The van der Waals surface area contributed by atoms with Crippen molar-refractivity contribution in [2.45, 2.75) is 37.8 Å². The first-order valence-electron chi connectivity index (χ1n) is 6.95. The van der Waals surface area contributed by atoms with E-state index in [1.54, 1.807) is 0 Å². The van der Waals surface area contributed by atoms with E-state index in [0.29, 0.717) is 12.1 Å². The number of nitrogens with one attached hydrogen (secondary N) is 1. The van der Waals surface area contributed by atoms with Crippen LogP contribution in [0.3, 0.4) is 0 Å². The van der Waals surface area contributed by atoms with Crippen LogP contribution in [0.1, 0.15) is 25.7 Å². The second-order valence-corrected chi connectivity index (χ2v) is 5.13. The molecule has 0 spiro atoms. The van der Waals surface area contributed by atoms with Crippen molar-refractivity contribution in [3.05, 3.63) is 0 Å². The average Bonchev–Trinajstić information content (AvgIpc) is 2.40. The Morgan fingerprint density at radius 2 is 2.12 bits per heavy atom. The molecule has 1 N–H and O–H groups in total. The minimum absolute atomic E-state index is 0.477. The molecule has 1 saturated carbocycles. The summed E-state index contributed by atoms with van der Waals surface area (Å²) in [5.74, 6) is 0. The van der Waals surface area contributed by atoms with Gasteiger partial charge in [-0.2, -0.15) is 0 Å². The summed E-state index contributed by atoms with van der Waals surface area (Å²) in [5, 5.41) is 3.67. The second kappa shape index (κ2) is 7.31. The van der Waals surface area contributed by atoms with E-state index >= 15 is 0 Å². The lowest BCUT2D eigenvalue weighted by atomic mass is 9.93. The topological polar surface area (TPSA) is 33.7 Å². The maximum atomic E-state index is 5.45. The first-order valence-corrected chi connectivity index (χ1v) is 6.95. The highest BCUT2D eigenvalue weighted by atomic mass is 16.5. The van der Waals surface area contributed by atoms with E-state index in [1.807, 2.05) is 7.11 Å². The summed E-state index contributed by atoms with van der Waals surface area (Å²) >= 11 is 0. The Kier molecular flexibility index (Phi) is 5.71. The summed E-state index contributed by atoms with van der Waals surface area (Å²) in [6.07, 6.45) is 5.50. The van der Waals surface area contributed by atoms with Crippen molar-refractivity contribution in [2.75, 3.05) is 46.5 Å². The maximum Gasteiger partial charge on any atom is 0.0594 e. The van der Waals surface area contributed by atoms with Gasteiger partial charge < -0.3 is 14.8 Å². The normalized spacial score (nSPS) is 31.6. The molecule has 1 aliphatic carbocycles. The van der Waals surface area contributed by atoms with Gasteiger partial charge in [-0.3, -0.25) is 4.90 Å². The van der Waals surface area contributed by atoms with Crippen LogP contribution in [0.5, 0.6) is 0 Å². The molecule has 2 unspecified atom stereocenters. The van der Waals surface area contributed by atoms with E-state index in [4.69, 9.17) is 9.47 Å². The Labute approximate surface area is 105 Å². The van der Waals surface area contributed by atoms with Gasteiger partial charge in [0.2, 0.25) is 0 Å². The van der Waals surface area contributed by atoms with Crippen LogP contribution in [-0.4, -0.2) is 63.5 Å². The van der Waals surface area contributed by atoms with Crippen molar-refractivity contribution in [1.29, 1.82) is 0 Å². The van der Waals surface area contributed by atoms with Gasteiger partial charge in [-0.1, -0.05) is 0 Å². The smallest absolute Gasteiger partial charge is 0.0594 e. The molecule has 0 bridgehead atoms. The third kappa shape index (κ3) is 4.54. The Bertz CT molecular complexity index is 208. The SMILES string of the molecule is COC1CCCC(NCCN2CCOCC2)C1. The van der Waals surface area contributed by atoms with E-state index in [1.165, 1.54) is 25.7 Å². The van der Waals surface area contributed by atoms with Gasteiger partial charge in [0.15, 0.2) is 0 Å². The van der Waals surface area contributed by atoms with Crippen molar-refractivity contribution in [2.24, 2.45) is 0 Å². The number of nitrogens with zero attached hydrogens (tertiary/aromatic N) is 1. The maximum absolute atomic E-state index is 5.45. The average molecular weight is 242 g/mol. The van der Waals surface area contributed by atoms with Crippen LogP contribution in [0.25, 0.3) is 0 Å². The van der Waals surface area contributed by atoms with E-state index in [0.717, 1.165) is 39.4 Å². The molecular weight excluding hydrogens is 216 g/mol. The summed E-state index contributed by atoms with van der Waals surface area (Å²) < 4.78 is 10.8. The Hall–Kier alpha value is -0.160. The van der Waals surface area contributed by atoms with Crippen LogP contribution in [0.2, 0.25) is 0 Å². The molecule has 0 amide bonds. The van der Waals surface area contributed by atoms with Crippen LogP contribution in [-0.2, 0) is 9.47 Å². The van der Waals surface area contributed by atoms with Crippen molar-refractivity contribution < 1.29 is 9.47 Å². The largest absolute Gasteiger partial charge is 0.381 e. The second-order valence-electron chi connectivity index (χ2n) is 5.13. The molecule has 2 fully saturated rings. The molecule has 1 heterocycles. The number of rotatable bonds is 5. The molecule has 0 aromatic heterocycles. The first kappa shape index (κ1) is 13.3. The monoisotopic (exact) mass is 242 g/mol. The van der Waals surface area contributed by atoms with Crippen LogP contribution in [0.15, 0.2) is 0 Å². The molecule has 2 atom stereocenters. The molecule has 0 aromatic rings. The zero-order chi connectivity index (χ0) is 11.9. The molecule has 100 valence electrons. The van der Waals surface area contributed by atoms with Gasteiger partial charge in [-0.05, 0) is 25.7 Å². The number of hydrogen-bond donors (Lipinski definition) is 1. The molecular formula is C13H26N2O2. The van der Waals surface area contributed by atoms with E-state index in [-0.39, 0.29) is 0 Å². The van der Waals surface area contributed by atoms with E-state index < -0.39 is 0 Å². The number of methoxy groups -OCH3 is 1. The summed E-state index contributed by atoms with van der Waals surface area (Å²) in [5.41, 5.74) is 0. The first-order chi connectivity index (χ1) is 8.38. The molecule has 0 radical (unpaired) electrons. The molecule has 0 aromatic carbocycles. The fraction of sp³-hybridized carbons (Fsp3) is 1.00. The predicted molar refractivity (Wildman–Crippen MR) is 68.3 cm³/mol. The van der Waals surface area contributed by atoms with Gasteiger partial charge in [0, 0.05) is 39.3 Å². The molecule has 2 aliphatic rings. The van der Waals surface area contributed by atoms with Crippen LogP contribution >= 0.6 is 0 Å². The molecule has 1 aliphatic heterocycles. The number of ether oxygens (including phenoxy) is 2. The zero-order valence-electron chi connectivity index (χ0n) is 11.0. The van der Waals surface area contributed by atoms with Crippen molar-refractivity contribution >= 4 is 0 Å². The highest BCUT2D eigenvalue weighted by molar-refractivity contribution is 4.78. The van der Waals surface area contributed by atoms with Gasteiger partial charge in [-0.25, -0.2) is 0 Å². The van der Waals surface area contributed by atoms with Gasteiger partial charge in [0.05, 0.1) is 19.3 Å². The fourth-order valence-corrected chi connectivity index (χ4v) is 2.80. The zero-order valence-corrected chi connectivity index (χ0v) is 11.0. The Morgan fingerprint density at radius 3 is 2.88 bits per heavy atom. The lowest BCUT2D eigenvalue weighted by Gasteiger charge is -2.31. The minimum atomic E-state index is 0.477. The van der Waals surface area contributed by atoms with Gasteiger partial charge in [-0.15, -0.1) is 0 Å². The minimum Gasteiger partial charge on any atom is -0.381 e. The lowest BCUT2D eigenvalue weighted by molar-refractivity contribution is 0.0360. The fourth-order valence-electron chi connectivity index (χ4n) is 2.80. The Balaban J connectivity index is 1.57. The summed E-state index contributed by atoms with van der Waals surface area (Å²) in [4.78, 5) is 2.48. The van der Waals surface area contributed by atoms with Crippen LogP contribution < -0.4 is 5.32 Å². The van der Waals surface area contributed by atoms with Crippen molar-refractivity contribution in [1.82, 2.24) is 10.2 Å². The highest BCUT2D eigenvalue weighted by Crippen LogP contribution is 2.20. The van der Waals surface area contributed by atoms with E-state index in [9.17, 15) is 0 Å². The number of morpholine rings is 1. The van der Waals surface area contributed by atoms with Crippen LogP contribution in [0.4, 0.5) is 0 Å². The third-order valence-corrected chi connectivity index (χ3v) is 3.92. The predicted octanol–water partition coefficient (Wildman–Crippen LogP) is 0.866. The standard InChI is InChI=1S/C13H26N2O2/c1-16-13-4-2-3-12(11-13)14-5-6-15-7-9-17-10-8-15/h12-14H,2-11H2,1H3. The number of hydrogen-bond acceptors (Lipinski definition) is 4. The van der Waals surface area contributed by atoms with Crippen molar-refractivity contribution in [3.8, 4) is 0 Å². The molecule has 17 heavy (non-hydrogen) atoms. The molecule has 4 nitrogen and oxygen atoms in total. The third-order valence-electron chi connectivity index (χ3n) is 3.92. The van der Waals surface area contributed by atoms with E-state index in [2.05, 4.69) is 10.2 Å². The van der Waals surface area contributed by atoms with Gasteiger partial charge in [0.1, 0.15) is 0 Å².